The molecule has 10 heteroatoms. The Hall–Kier alpha value is -1.52. The molecule has 3 rings (SSSR count). The summed E-state index contributed by atoms with van der Waals surface area (Å²) in [7, 11) is -3.44. The van der Waals surface area contributed by atoms with Crippen LogP contribution in [0.15, 0.2) is 5.38 Å². The van der Waals surface area contributed by atoms with Gasteiger partial charge < -0.3 is 10.0 Å². The van der Waals surface area contributed by atoms with Crippen LogP contribution in [0.4, 0.5) is 0 Å². The average Bonchev–Trinajstić information content (AvgIpc) is 3.19. The van der Waals surface area contributed by atoms with Crippen molar-refractivity contribution >= 4 is 33.2 Å². The van der Waals surface area contributed by atoms with Crippen molar-refractivity contribution in [2.24, 2.45) is 11.3 Å². The number of carboxylic acids is 1. The summed E-state index contributed by atoms with van der Waals surface area (Å²) in [6, 6.07) is 0. The molecule has 2 aliphatic heterocycles. The van der Waals surface area contributed by atoms with Crippen LogP contribution in [-0.4, -0.2) is 71.5 Å². The normalized spacial score (nSPS) is 26.8. The lowest BCUT2D eigenvalue weighted by atomic mass is 9.81. The molecule has 2 atom stereocenters. The van der Waals surface area contributed by atoms with Gasteiger partial charge in [0.2, 0.25) is 15.9 Å². The van der Waals surface area contributed by atoms with Crippen LogP contribution in [0.5, 0.6) is 0 Å². The second-order valence-corrected chi connectivity index (χ2v) is 9.98. The summed E-state index contributed by atoms with van der Waals surface area (Å²) in [6.45, 7) is 3.81. The van der Waals surface area contributed by atoms with Gasteiger partial charge in [0, 0.05) is 37.5 Å². The fourth-order valence-corrected chi connectivity index (χ4v) is 5.47. The number of amides is 1. The van der Waals surface area contributed by atoms with Gasteiger partial charge >= 0.3 is 5.97 Å². The minimum atomic E-state index is -3.44. The quantitative estimate of drug-likeness (QED) is 0.773. The molecule has 0 spiro atoms. The predicted molar refractivity (Wildman–Crippen MR) is 91.7 cm³/mol. The minimum Gasteiger partial charge on any atom is -0.481 e. The van der Waals surface area contributed by atoms with Crippen LogP contribution >= 0.6 is 11.3 Å². The van der Waals surface area contributed by atoms with Gasteiger partial charge in [0.25, 0.3) is 0 Å². The first-order chi connectivity index (χ1) is 11.7. The Labute approximate surface area is 150 Å². The molecule has 2 aliphatic rings. The van der Waals surface area contributed by atoms with Crippen molar-refractivity contribution in [2.45, 2.75) is 20.3 Å². The molecule has 1 aromatic rings. The monoisotopic (exact) mass is 387 g/mol. The van der Waals surface area contributed by atoms with Crippen molar-refractivity contribution < 1.29 is 23.1 Å². The van der Waals surface area contributed by atoms with Crippen molar-refractivity contribution in [3.05, 3.63) is 16.1 Å². The van der Waals surface area contributed by atoms with E-state index in [1.807, 2.05) is 12.3 Å². The van der Waals surface area contributed by atoms with Crippen LogP contribution in [0, 0.1) is 18.3 Å². The Balaban J connectivity index is 1.75. The van der Waals surface area contributed by atoms with Gasteiger partial charge in [0.05, 0.1) is 22.9 Å². The molecular formula is C15H21N3O5S2. The predicted octanol–water partition coefficient (Wildman–Crippen LogP) is 0.189. The fourth-order valence-electron chi connectivity index (χ4n) is 3.66. The lowest BCUT2D eigenvalue weighted by molar-refractivity contribution is -0.148. The van der Waals surface area contributed by atoms with Crippen molar-refractivity contribution in [2.75, 3.05) is 31.9 Å². The molecule has 0 aromatic carbocycles. The second kappa shape index (κ2) is 6.33. The highest BCUT2D eigenvalue weighted by Crippen LogP contribution is 2.44. The number of carbonyl (C=O) groups excluding carboxylic acids is 1. The highest BCUT2D eigenvalue weighted by atomic mass is 32.2. The van der Waals surface area contributed by atoms with Crippen molar-refractivity contribution in [1.29, 1.82) is 0 Å². The van der Waals surface area contributed by atoms with Crippen LogP contribution in [0.2, 0.25) is 0 Å². The first-order valence-electron chi connectivity index (χ1n) is 8.08. The molecule has 1 aromatic heterocycles. The Kier molecular flexibility index (Phi) is 4.63. The number of fused-ring (bicyclic) bond motifs is 1. The molecule has 0 aliphatic carbocycles. The van der Waals surface area contributed by atoms with Gasteiger partial charge in [-0.2, -0.15) is 0 Å². The summed E-state index contributed by atoms with van der Waals surface area (Å²) in [4.78, 5) is 30.3. The van der Waals surface area contributed by atoms with Crippen molar-refractivity contribution in [1.82, 2.24) is 14.2 Å². The average molecular weight is 387 g/mol. The zero-order chi connectivity index (χ0) is 18.4. The number of thiazole rings is 1. The third-order valence-corrected chi connectivity index (χ3v) is 7.73. The molecule has 0 saturated carbocycles. The van der Waals surface area contributed by atoms with Crippen LogP contribution < -0.4 is 0 Å². The van der Waals surface area contributed by atoms with Gasteiger partial charge in [0.1, 0.15) is 5.41 Å². The van der Waals surface area contributed by atoms with Crippen molar-refractivity contribution in [3.63, 3.8) is 0 Å². The highest BCUT2D eigenvalue weighted by molar-refractivity contribution is 7.89. The number of carbonyl (C=O) groups is 2. The zero-order valence-corrected chi connectivity index (χ0v) is 15.8. The van der Waals surface area contributed by atoms with E-state index in [0.29, 0.717) is 5.69 Å². The number of rotatable bonds is 5. The number of aliphatic carboxylic acids is 1. The van der Waals surface area contributed by atoms with Crippen LogP contribution in [0.1, 0.15) is 17.6 Å². The van der Waals surface area contributed by atoms with E-state index in [9.17, 15) is 23.1 Å². The van der Waals surface area contributed by atoms with E-state index in [-0.39, 0.29) is 50.2 Å². The van der Waals surface area contributed by atoms with E-state index >= 15 is 0 Å². The number of hydrogen-bond acceptors (Lipinski definition) is 6. The molecule has 8 nitrogen and oxygen atoms in total. The molecular weight excluding hydrogens is 366 g/mol. The summed E-state index contributed by atoms with van der Waals surface area (Å²) in [5.41, 5.74) is -0.528. The van der Waals surface area contributed by atoms with E-state index in [2.05, 4.69) is 4.98 Å². The third kappa shape index (κ3) is 3.18. The number of carboxylic acid groups (broad SMARTS) is 1. The number of hydrogen-bond donors (Lipinski definition) is 1. The first-order valence-corrected chi connectivity index (χ1v) is 10.6. The Bertz CT molecular complexity index is 806. The lowest BCUT2D eigenvalue weighted by Crippen LogP contribution is -2.43. The van der Waals surface area contributed by atoms with E-state index in [1.165, 1.54) is 15.6 Å². The van der Waals surface area contributed by atoms with Crippen LogP contribution in [-0.2, 0) is 26.0 Å². The third-order valence-electron chi connectivity index (χ3n) is 5.11. The molecule has 0 radical (unpaired) electrons. The summed E-state index contributed by atoms with van der Waals surface area (Å²) < 4.78 is 25.5. The Morgan fingerprint density at radius 2 is 2.12 bits per heavy atom. The smallest absolute Gasteiger partial charge is 0.313 e. The molecule has 0 bridgehead atoms. The van der Waals surface area contributed by atoms with Gasteiger partial charge in [-0.05, 0) is 13.8 Å². The van der Waals surface area contributed by atoms with Gasteiger partial charge in [-0.15, -0.1) is 11.3 Å². The Morgan fingerprint density at radius 3 is 2.64 bits per heavy atom. The summed E-state index contributed by atoms with van der Waals surface area (Å²) in [5.74, 6) is -1.63. The second-order valence-electron chi connectivity index (χ2n) is 6.66. The molecule has 3 heterocycles. The SMILES string of the molecule is CCS(=O)(=O)N1C[C@@H]2CN(C(=O)Cc3csc(C)n3)C[C@]2(C(=O)O)C1. The molecule has 2 fully saturated rings. The van der Waals surface area contributed by atoms with Gasteiger partial charge in [-0.3, -0.25) is 9.59 Å². The topological polar surface area (TPSA) is 108 Å². The maximum atomic E-state index is 12.5. The maximum Gasteiger partial charge on any atom is 0.313 e. The van der Waals surface area contributed by atoms with Crippen molar-refractivity contribution in [3.8, 4) is 0 Å². The number of aryl methyl sites for hydroxylation is 1. The number of nitrogens with zero attached hydrogens (tertiary/aromatic N) is 3. The molecule has 1 amide bonds. The number of likely N-dealkylation sites (tertiary alicyclic amines) is 1. The fraction of sp³-hybridized carbons (Fsp3) is 0.667. The summed E-state index contributed by atoms with van der Waals surface area (Å²) in [5, 5.41) is 12.5. The van der Waals surface area contributed by atoms with E-state index < -0.39 is 21.4 Å². The largest absolute Gasteiger partial charge is 0.481 e. The van der Waals surface area contributed by atoms with E-state index in [4.69, 9.17) is 0 Å². The standard InChI is InChI=1S/C15H21N3O5S2/c1-3-25(22,23)18-6-11-5-17(8-15(11,9-18)14(20)21)13(19)4-12-7-24-10(2)16-12/h7,11H,3-6,8-9H2,1-2H3,(H,20,21)/t11-,15-/m0/s1. The number of sulfonamides is 1. The molecule has 1 N–H and O–H groups in total. The maximum absolute atomic E-state index is 12.5. The van der Waals surface area contributed by atoms with Gasteiger partial charge in [-0.25, -0.2) is 17.7 Å². The summed E-state index contributed by atoms with van der Waals surface area (Å²) >= 11 is 1.47. The number of aromatic nitrogens is 1. The highest BCUT2D eigenvalue weighted by Gasteiger charge is 2.60. The van der Waals surface area contributed by atoms with Crippen LogP contribution in [0.25, 0.3) is 0 Å². The van der Waals surface area contributed by atoms with Crippen LogP contribution in [0.3, 0.4) is 0 Å². The zero-order valence-electron chi connectivity index (χ0n) is 14.1. The van der Waals surface area contributed by atoms with E-state index in [1.54, 1.807) is 11.8 Å². The molecule has 138 valence electrons. The minimum absolute atomic E-state index is 0.0463. The molecule has 0 unspecified atom stereocenters. The molecule has 25 heavy (non-hydrogen) atoms. The lowest BCUT2D eigenvalue weighted by Gasteiger charge is -2.25. The van der Waals surface area contributed by atoms with Gasteiger partial charge in [-0.1, -0.05) is 0 Å². The Morgan fingerprint density at radius 1 is 1.40 bits per heavy atom. The van der Waals surface area contributed by atoms with Gasteiger partial charge in [0.15, 0.2) is 0 Å². The molecule has 2 saturated heterocycles. The first kappa shape index (κ1) is 18.3. The van der Waals surface area contributed by atoms with E-state index in [0.717, 1.165) is 5.01 Å². The summed E-state index contributed by atoms with van der Waals surface area (Å²) in [6.07, 6.45) is 0.143.